The maximum atomic E-state index is 12.6. The van der Waals surface area contributed by atoms with Gasteiger partial charge in [0.15, 0.2) is 6.04 Å². The van der Waals surface area contributed by atoms with Crippen LogP contribution in [0.2, 0.25) is 0 Å². The van der Waals surface area contributed by atoms with Gasteiger partial charge in [-0.1, -0.05) is 32.9 Å². The van der Waals surface area contributed by atoms with Gasteiger partial charge in [0.05, 0.1) is 0 Å². The predicted molar refractivity (Wildman–Crippen MR) is 105 cm³/mol. The molecule has 0 spiro atoms. The molecule has 8 heteroatoms. The fourth-order valence-electron chi connectivity index (χ4n) is 2.80. The highest BCUT2D eigenvalue weighted by Crippen LogP contribution is 2.18. The minimum atomic E-state index is -1.19. The lowest BCUT2D eigenvalue weighted by Gasteiger charge is -2.32. The molecule has 8 nitrogen and oxygen atoms in total. The molecule has 0 bridgehead atoms. The van der Waals surface area contributed by atoms with Crippen LogP contribution >= 0.6 is 0 Å². The van der Waals surface area contributed by atoms with Gasteiger partial charge in [0, 0.05) is 0 Å². The molecule has 1 heterocycles. The number of piperidine rings is 1. The molecule has 0 aliphatic carbocycles. The molecule has 1 saturated heterocycles. The fourth-order valence-corrected chi connectivity index (χ4v) is 2.80. The average molecular weight is 399 g/mol. The number of carbonyl (C=O) groups excluding carboxylic acids is 3. The lowest BCUT2D eigenvalue weighted by atomic mass is 9.98. The van der Waals surface area contributed by atoms with Crippen LogP contribution in [0.15, 0.2) is 12.7 Å². The van der Waals surface area contributed by atoms with Gasteiger partial charge in [-0.3, -0.25) is 4.79 Å². The second-order valence-corrected chi connectivity index (χ2v) is 8.19. The molecular weight excluding hydrogens is 364 g/mol. The van der Waals surface area contributed by atoms with Gasteiger partial charge in [-0.25, -0.2) is 9.59 Å². The predicted octanol–water partition coefficient (Wildman–Crippen LogP) is 2.32. The van der Waals surface area contributed by atoms with Crippen molar-refractivity contribution in [2.24, 2.45) is 5.92 Å². The first-order valence-electron chi connectivity index (χ1n) is 9.76. The molecule has 3 atom stereocenters. The Morgan fingerprint density at radius 1 is 1.25 bits per heavy atom. The molecule has 0 radical (unpaired) electrons. The molecule has 0 saturated carbocycles. The summed E-state index contributed by atoms with van der Waals surface area (Å²) in [6.45, 7) is 13.0. The van der Waals surface area contributed by atoms with Gasteiger partial charge in [0.2, 0.25) is 0 Å². The van der Waals surface area contributed by atoms with Gasteiger partial charge >= 0.3 is 18.0 Å². The zero-order valence-corrected chi connectivity index (χ0v) is 17.6. The summed E-state index contributed by atoms with van der Waals surface area (Å²) in [6.07, 6.45) is 2.35. The molecule has 0 aromatic heterocycles. The molecule has 1 aliphatic rings. The van der Waals surface area contributed by atoms with Gasteiger partial charge in [-0.2, -0.15) is 0 Å². The standard InChI is InChI=1S/C20H34N2O6/c1-7-12-26-18(24)15(22-19(25)28-20(4,5)6)16(13(2)3)27-17(23)14-10-8-9-11-21-14/h7,13-16,21H,1,8-12H2,2-6H3,(H,22,25)/t14-,15+,16+/m0/s1. The van der Waals surface area contributed by atoms with Crippen LogP contribution in [0, 0.1) is 5.92 Å². The van der Waals surface area contributed by atoms with Crippen molar-refractivity contribution in [1.82, 2.24) is 10.6 Å². The number of hydrogen-bond donors (Lipinski definition) is 2. The number of esters is 2. The summed E-state index contributed by atoms with van der Waals surface area (Å²) in [5, 5.41) is 5.63. The first kappa shape index (κ1) is 23.9. The smallest absolute Gasteiger partial charge is 0.408 e. The average Bonchev–Trinajstić information content (AvgIpc) is 2.61. The monoisotopic (exact) mass is 398 g/mol. The SMILES string of the molecule is C=CCOC(=O)[C@H](NC(=O)OC(C)(C)C)[C@H](OC(=O)[C@@H]1CCCCN1)C(C)C. The van der Waals surface area contributed by atoms with Gasteiger partial charge in [-0.15, -0.1) is 0 Å². The minimum absolute atomic E-state index is 0.0196. The molecule has 160 valence electrons. The third-order valence-corrected chi connectivity index (χ3v) is 4.10. The van der Waals surface area contributed by atoms with Gasteiger partial charge in [-0.05, 0) is 46.1 Å². The van der Waals surface area contributed by atoms with E-state index in [1.165, 1.54) is 6.08 Å². The summed E-state index contributed by atoms with van der Waals surface area (Å²) in [6, 6.07) is -1.61. The van der Waals surface area contributed by atoms with Crippen LogP contribution < -0.4 is 10.6 Å². The van der Waals surface area contributed by atoms with Crippen LogP contribution in [0.25, 0.3) is 0 Å². The largest absolute Gasteiger partial charge is 0.460 e. The summed E-state index contributed by atoms with van der Waals surface area (Å²) >= 11 is 0. The summed E-state index contributed by atoms with van der Waals surface area (Å²) < 4.78 is 16.0. The summed E-state index contributed by atoms with van der Waals surface area (Å²) in [5.74, 6) is -1.40. The molecule has 28 heavy (non-hydrogen) atoms. The van der Waals surface area contributed by atoms with E-state index in [-0.39, 0.29) is 12.5 Å². The molecule has 0 aromatic carbocycles. The molecule has 1 rings (SSSR count). The first-order chi connectivity index (χ1) is 13.0. The van der Waals surface area contributed by atoms with E-state index in [2.05, 4.69) is 17.2 Å². The quantitative estimate of drug-likeness (QED) is 0.367. The normalized spacial score (nSPS) is 19.3. The molecule has 1 aliphatic heterocycles. The number of ether oxygens (including phenoxy) is 3. The Labute approximate surface area is 167 Å². The number of amides is 1. The Kier molecular flexibility index (Phi) is 9.45. The van der Waals surface area contributed by atoms with Crippen molar-refractivity contribution in [3.63, 3.8) is 0 Å². The van der Waals surface area contributed by atoms with E-state index >= 15 is 0 Å². The van der Waals surface area contributed by atoms with E-state index in [1.807, 2.05) is 0 Å². The van der Waals surface area contributed by atoms with Crippen molar-refractivity contribution < 1.29 is 28.6 Å². The number of nitrogens with one attached hydrogen (secondary N) is 2. The van der Waals surface area contributed by atoms with Gasteiger partial charge in [0.25, 0.3) is 0 Å². The molecule has 0 unspecified atom stereocenters. The van der Waals surface area contributed by atoms with E-state index in [1.54, 1.807) is 34.6 Å². The zero-order valence-electron chi connectivity index (χ0n) is 17.6. The first-order valence-corrected chi connectivity index (χ1v) is 9.76. The topological polar surface area (TPSA) is 103 Å². The molecule has 0 aromatic rings. The highest BCUT2D eigenvalue weighted by molar-refractivity contribution is 5.83. The Morgan fingerprint density at radius 3 is 2.43 bits per heavy atom. The second-order valence-electron chi connectivity index (χ2n) is 8.19. The zero-order chi connectivity index (χ0) is 21.3. The van der Waals surface area contributed by atoms with Crippen molar-refractivity contribution in [1.29, 1.82) is 0 Å². The summed E-state index contributed by atoms with van der Waals surface area (Å²) in [5.41, 5.74) is -0.740. The third kappa shape index (κ3) is 8.29. The second kappa shape index (κ2) is 11.0. The summed E-state index contributed by atoms with van der Waals surface area (Å²) in [4.78, 5) is 37.4. The Hall–Kier alpha value is -2.09. The van der Waals surface area contributed by atoms with Crippen molar-refractivity contribution >= 4 is 18.0 Å². The Morgan fingerprint density at radius 2 is 1.93 bits per heavy atom. The lowest BCUT2D eigenvalue weighted by Crippen LogP contribution is -2.55. The van der Waals surface area contributed by atoms with Crippen molar-refractivity contribution in [2.45, 2.75) is 77.7 Å². The molecule has 2 N–H and O–H groups in total. The maximum Gasteiger partial charge on any atom is 0.408 e. The third-order valence-electron chi connectivity index (χ3n) is 4.10. The van der Waals surface area contributed by atoms with E-state index in [0.29, 0.717) is 6.42 Å². The lowest BCUT2D eigenvalue weighted by molar-refractivity contribution is -0.162. The minimum Gasteiger partial charge on any atom is -0.460 e. The highest BCUT2D eigenvalue weighted by atomic mass is 16.6. The maximum absolute atomic E-state index is 12.6. The number of rotatable bonds is 8. The summed E-state index contributed by atoms with van der Waals surface area (Å²) in [7, 11) is 0. The molecular formula is C20H34N2O6. The van der Waals surface area contributed by atoms with Crippen LogP contribution in [0.4, 0.5) is 4.79 Å². The van der Waals surface area contributed by atoms with Gasteiger partial charge < -0.3 is 24.8 Å². The van der Waals surface area contributed by atoms with Crippen molar-refractivity contribution in [3.8, 4) is 0 Å². The van der Waals surface area contributed by atoms with Gasteiger partial charge in [0.1, 0.15) is 24.4 Å². The van der Waals surface area contributed by atoms with E-state index in [9.17, 15) is 14.4 Å². The Balaban J connectivity index is 2.95. The van der Waals surface area contributed by atoms with Crippen molar-refractivity contribution in [2.75, 3.05) is 13.2 Å². The Bertz CT molecular complexity index is 549. The van der Waals surface area contributed by atoms with Crippen LogP contribution in [0.5, 0.6) is 0 Å². The van der Waals surface area contributed by atoms with Crippen LogP contribution in [-0.2, 0) is 23.8 Å². The van der Waals surface area contributed by atoms with E-state index in [0.717, 1.165) is 19.4 Å². The van der Waals surface area contributed by atoms with Crippen LogP contribution in [0.1, 0.15) is 53.9 Å². The van der Waals surface area contributed by atoms with E-state index in [4.69, 9.17) is 14.2 Å². The number of carbonyl (C=O) groups is 3. The highest BCUT2D eigenvalue weighted by Gasteiger charge is 2.38. The van der Waals surface area contributed by atoms with Crippen LogP contribution in [-0.4, -0.2) is 55.0 Å². The molecule has 1 fully saturated rings. The number of alkyl carbamates (subject to hydrolysis) is 1. The molecule has 1 amide bonds. The van der Waals surface area contributed by atoms with Crippen LogP contribution in [0.3, 0.4) is 0 Å². The fraction of sp³-hybridized carbons (Fsp3) is 0.750. The van der Waals surface area contributed by atoms with E-state index < -0.39 is 41.8 Å². The number of hydrogen-bond acceptors (Lipinski definition) is 7. The van der Waals surface area contributed by atoms with Crippen molar-refractivity contribution in [3.05, 3.63) is 12.7 Å².